The predicted molar refractivity (Wildman–Crippen MR) is 62.0 cm³/mol. The van der Waals surface area contributed by atoms with Crippen LogP contribution in [0.15, 0.2) is 22.7 Å². The van der Waals surface area contributed by atoms with Gasteiger partial charge >= 0.3 is 5.97 Å². The molecule has 0 aliphatic carbocycles. The average Bonchev–Trinajstić information content (AvgIpc) is 2.63. The minimum absolute atomic E-state index is 0.162. The van der Waals surface area contributed by atoms with Crippen molar-refractivity contribution < 1.29 is 9.53 Å². The van der Waals surface area contributed by atoms with Gasteiger partial charge in [-0.3, -0.25) is 4.79 Å². The van der Waals surface area contributed by atoms with Crippen LogP contribution < -0.4 is 5.32 Å². The molecule has 0 bridgehead atoms. The summed E-state index contributed by atoms with van der Waals surface area (Å²) in [5.74, 6) is 0.0495. The number of nitrogens with one attached hydrogen (secondary N) is 1. The van der Waals surface area contributed by atoms with E-state index < -0.39 is 0 Å². The number of esters is 1. The van der Waals surface area contributed by atoms with Gasteiger partial charge in [-0.15, -0.1) is 0 Å². The number of methoxy groups -OCH3 is 1. The van der Waals surface area contributed by atoms with Gasteiger partial charge in [-0.2, -0.15) is 0 Å². The molecule has 1 aliphatic rings. The van der Waals surface area contributed by atoms with Crippen LogP contribution in [0.3, 0.4) is 0 Å². The smallest absolute Gasteiger partial charge is 0.306 e. The van der Waals surface area contributed by atoms with Crippen LogP contribution in [0.1, 0.15) is 17.9 Å². The zero-order chi connectivity index (χ0) is 10.8. The lowest BCUT2D eigenvalue weighted by Crippen LogP contribution is -2.10. The van der Waals surface area contributed by atoms with Crippen molar-refractivity contribution in [3.63, 3.8) is 0 Å². The molecule has 1 unspecified atom stereocenters. The highest BCUT2D eigenvalue weighted by molar-refractivity contribution is 9.10. The van der Waals surface area contributed by atoms with Crippen molar-refractivity contribution in [1.82, 2.24) is 0 Å². The Hall–Kier alpha value is -1.03. The van der Waals surface area contributed by atoms with Gasteiger partial charge in [0.25, 0.3) is 0 Å². The van der Waals surface area contributed by atoms with E-state index in [1.54, 1.807) is 0 Å². The van der Waals surface area contributed by atoms with Gasteiger partial charge in [-0.25, -0.2) is 0 Å². The number of rotatable bonds is 2. The van der Waals surface area contributed by atoms with Crippen molar-refractivity contribution in [2.24, 2.45) is 0 Å². The summed E-state index contributed by atoms with van der Waals surface area (Å²) in [6.07, 6.45) is 0.430. The van der Waals surface area contributed by atoms with E-state index in [4.69, 9.17) is 0 Å². The van der Waals surface area contributed by atoms with E-state index in [1.165, 1.54) is 12.7 Å². The monoisotopic (exact) mass is 269 g/mol. The molecule has 15 heavy (non-hydrogen) atoms. The molecule has 1 atom stereocenters. The standard InChI is InChI=1S/C11H12BrNO2/c1-15-10(14)5-7-6-13-9-4-2-3-8(12)11(7)9/h2-4,7,13H,5-6H2,1H3. The highest BCUT2D eigenvalue weighted by atomic mass is 79.9. The van der Waals surface area contributed by atoms with Crippen LogP contribution in [0.4, 0.5) is 5.69 Å². The lowest BCUT2D eigenvalue weighted by atomic mass is 9.98. The van der Waals surface area contributed by atoms with Crippen molar-refractivity contribution in [1.29, 1.82) is 0 Å². The van der Waals surface area contributed by atoms with Crippen molar-refractivity contribution in [3.8, 4) is 0 Å². The third kappa shape index (κ3) is 2.00. The van der Waals surface area contributed by atoms with Gasteiger partial charge in [-0.05, 0) is 17.7 Å². The van der Waals surface area contributed by atoms with Crippen molar-refractivity contribution in [2.75, 3.05) is 19.0 Å². The van der Waals surface area contributed by atoms with Gasteiger partial charge in [0.2, 0.25) is 0 Å². The summed E-state index contributed by atoms with van der Waals surface area (Å²) < 4.78 is 5.74. The second-order valence-corrected chi connectivity index (χ2v) is 4.41. The fraction of sp³-hybridized carbons (Fsp3) is 0.364. The Bertz CT molecular complexity index is 392. The molecule has 1 aliphatic heterocycles. The molecule has 1 aromatic carbocycles. The van der Waals surface area contributed by atoms with Crippen LogP contribution >= 0.6 is 15.9 Å². The minimum Gasteiger partial charge on any atom is -0.469 e. The fourth-order valence-corrected chi connectivity index (χ4v) is 2.59. The molecule has 0 aromatic heterocycles. The molecule has 0 radical (unpaired) electrons. The van der Waals surface area contributed by atoms with Gasteiger partial charge in [0.05, 0.1) is 13.5 Å². The van der Waals surface area contributed by atoms with E-state index in [1.807, 2.05) is 18.2 Å². The van der Waals surface area contributed by atoms with Crippen molar-refractivity contribution in [3.05, 3.63) is 28.2 Å². The Kier molecular flexibility index (Phi) is 2.95. The molecule has 2 rings (SSSR count). The molecule has 0 spiro atoms. The fourth-order valence-electron chi connectivity index (χ4n) is 1.90. The Balaban J connectivity index is 2.24. The van der Waals surface area contributed by atoms with Gasteiger partial charge in [0.15, 0.2) is 0 Å². The molecular weight excluding hydrogens is 258 g/mol. The third-order valence-electron chi connectivity index (χ3n) is 2.64. The number of ether oxygens (including phenoxy) is 1. The summed E-state index contributed by atoms with van der Waals surface area (Å²) in [5, 5.41) is 3.28. The Morgan fingerprint density at radius 1 is 1.67 bits per heavy atom. The first kappa shape index (κ1) is 10.5. The minimum atomic E-state index is -0.162. The molecule has 1 N–H and O–H groups in total. The second kappa shape index (κ2) is 4.23. The van der Waals surface area contributed by atoms with Crippen LogP contribution in [0.25, 0.3) is 0 Å². The summed E-state index contributed by atoms with van der Waals surface area (Å²) in [6, 6.07) is 6.00. The topological polar surface area (TPSA) is 38.3 Å². The normalized spacial score (nSPS) is 18.1. The number of hydrogen-bond donors (Lipinski definition) is 1. The quantitative estimate of drug-likeness (QED) is 0.839. The molecule has 0 amide bonds. The summed E-state index contributed by atoms with van der Waals surface area (Å²) >= 11 is 3.51. The number of anilines is 1. The zero-order valence-electron chi connectivity index (χ0n) is 8.42. The zero-order valence-corrected chi connectivity index (χ0v) is 10.0. The molecular formula is C11H12BrNO2. The van der Waals surface area contributed by atoms with Gasteiger partial charge in [-0.1, -0.05) is 22.0 Å². The molecule has 0 fully saturated rings. The number of fused-ring (bicyclic) bond motifs is 1. The number of benzene rings is 1. The highest BCUT2D eigenvalue weighted by Gasteiger charge is 2.26. The van der Waals surface area contributed by atoms with E-state index in [0.717, 1.165) is 16.7 Å². The first-order chi connectivity index (χ1) is 7.22. The molecule has 3 nitrogen and oxygen atoms in total. The summed E-state index contributed by atoms with van der Waals surface area (Å²) in [6.45, 7) is 0.799. The van der Waals surface area contributed by atoms with E-state index in [2.05, 4.69) is 26.0 Å². The van der Waals surface area contributed by atoms with Crippen LogP contribution in [0.2, 0.25) is 0 Å². The van der Waals surface area contributed by atoms with Crippen molar-refractivity contribution in [2.45, 2.75) is 12.3 Å². The van der Waals surface area contributed by atoms with E-state index in [-0.39, 0.29) is 11.9 Å². The summed E-state index contributed by atoms with van der Waals surface area (Å²) in [7, 11) is 1.42. The van der Waals surface area contributed by atoms with Crippen LogP contribution in [-0.4, -0.2) is 19.6 Å². The summed E-state index contributed by atoms with van der Waals surface area (Å²) in [4.78, 5) is 11.2. The maximum absolute atomic E-state index is 11.2. The van der Waals surface area contributed by atoms with Gasteiger partial charge < -0.3 is 10.1 Å². The van der Waals surface area contributed by atoms with Crippen molar-refractivity contribution >= 4 is 27.6 Å². The van der Waals surface area contributed by atoms with Crippen LogP contribution in [-0.2, 0) is 9.53 Å². The summed E-state index contributed by atoms with van der Waals surface area (Å²) in [5.41, 5.74) is 2.29. The van der Waals surface area contributed by atoms with Gasteiger partial charge in [0.1, 0.15) is 0 Å². The Morgan fingerprint density at radius 3 is 3.20 bits per heavy atom. The number of carbonyl (C=O) groups excluding carboxylic acids is 1. The van der Waals surface area contributed by atoms with E-state index >= 15 is 0 Å². The van der Waals surface area contributed by atoms with Gasteiger partial charge in [0, 0.05) is 22.6 Å². The molecule has 4 heteroatoms. The Labute approximate surface area is 96.9 Å². The third-order valence-corrected chi connectivity index (χ3v) is 3.33. The highest BCUT2D eigenvalue weighted by Crippen LogP contribution is 2.38. The predicted octanol–water partition coefficient (Wildman–Crippen LogP) is 2.52. The average molecular weight is 270 g/mol. The van der Waals surface area contributed by atoms with Crippen LogP contribution in [0, 0.1) is 0 Å². The lowest BCUT2D eigenvalue weighted by Gasteiger charge is -2.09. The largest absolute Gasteiger partial charge is 0.469 e. The molecule has 1 aromatic rings. The number of carbonyl (C=O) groups is 1. The van der Waals surface area contributed by atoms with E-state index in [9.17, 15) is 4.79 Å². The number of hydrogen-bond acceptors (Lipinski definition) is 3. The van der Waals surface area contributed by atoms with Crippen LogP contribution in [0.5, 0.6) is 0 Å². The number of halogens is 1. The van der Waals surface area contributed by atoms with E-state index in [0.29, 0.717) is 6.42 Å². The Morgan fingerprint density at radius 2 is 2.47 bits per heavy atom. The molecule has 1 heterocycles. The molecule has 0 saturated carbocycles. The second-order valence-electron chi connectivity index (χ2n) is 3.56. The first-order valence-electron chi connectivity index (χ1n) is 4.81. The molecule has 0 saturated heterocycles. The SMILES string of the molecule is COC(=O)CC1CNc2cccc(Br)c21. The first-order valence-corrected chi connectivity index (χ1v) is 5.60. The maximum Gasteiger partial charge on any atom is 0.306 e. The molecule has 80 valence electrons. The maximum atomic E-state index is 11.2. The lowest BCUT2D eigenvalue weighted by molar-refractivity contribution is -0.140.